The van der Waals surface area contributed by atoms with Gasteiger partial charge in [0.2, 0.25) is 0 Å². The molecule has 2 aliphatic carbocycles. The number of hydrogen-bond acceptors (Lipinski definition) is 2. The molecule has 36 heavy (non-hydrogen) atoms. The van der Waals surface area contributed by atoms with Crippen molar-refractivity contribution in [2.45, 2.75) is 50.0 Å². The van der Waals surface area contributed by atoms with Gasteiger partial charge in [0.1, 0.15) is 5.82 Å². The molecule has 7 rings (SSSR count). The number of halogens is 1. The molecule has 1 aliphatic heterocycles. The largest absolute Gasteiger partial charge is 0.338 e. The third-order valence-corrected chi connectivity index (χ3v) is 9.45. The fourth-order valence-electron chi connectivity index (χ4n) is 7.21. The molecule has 3 nitrogen and oxygen atoms in total. The van der Waals surface area contributed by atoms with Gasteiger partial charge in [-0.25, -0.2) is 4.98 Å². The smallest absolute Gasteiger partial charge is 0.138 e. The van der Waals surface area contributed by atoms with Gasteiger partial charge in [0, 0.05) is 28.6 Å². The summed E-state index contributed by atoms with van der Waals surface area (Å²) in [6.45, 7) is 4.86. The van der Waals surface area contributed by atoms with Crippen molar-refractivity contribution < 1.29 is 0 Å². The van der Waals surface area contributed by atoms with Crippen LogP contribution < -0.4 is 0 Å². The summed E-state index contributed by atoms with van der Waals surface area (Å²) >= 11 is 6.17. The Morgan fingerprint density at radius 1 is 1.03 bits per heavy atom. The van der Waals surface area contributed by atoms with Crippen molar-refractivity contribution in [2.75, 3.05) is 13.1 Å². The maximum Gasteiger partial charge on any atom is 0.138 e. The zero-order valence-electron chi connectivity index (χ0n) is 20.8. The van der Waals surface area contributed by atoms with Crippen LogP contribution in [0.15, 0.2) is 72.8 Å². The average molecular weight is 494 g/mol. The Morgan fingerprint density at radius 2 is 1.94 bits per heavy atom. The molecule has 1 saturated heterocycles. The van der Waals surface area contributed by atoms with Crippen LogP contribution in [0, 0.1) is 5.92 Å². The van der Waals surface area contributed by atoms with Crippen LogP contribution in [0.1, 0.15) is 55.2 Å². The summed E-state index contributed by atoms with van der Waals surface area (Å²) < 4.78 is 0. The third kappa shape index (κ3) is 3.64. The van der Waals surface area contributed by atoms with Crippen LogP contribution in [0.2, 0.25) is 5.02 Å². The lowest BCUT2D eigenvalue weighted by molar-refractivity contribution is 0.0898. The lowest BCUT2D eigenvalue weighted by atomic mass is 9.68. The Balaban J connectivity index is 1.06. The number of hydrogen-bond donors (Lipinski definition) is 1. The van der Waals surface area contributed by atoms with Crippen molar-refractivity contribution in [3.63, 3.8) is 0 Å². The van der Waals surface area contributed by atoms with Gasteiger partial charge < -0.3 is 9.88 Å². The predicted molar refractivity (Wildman–Crippen MR) is 149 cm³/mol. The number of fused-ring (bicyclic) bond motifs is 3. The number of benzene rings is 3. The van der Waals surface area contributed by atoms with Crippen molar-refractivity contribution in [2.24, 2.45) is 5.92 Å². The first-order chi connectivity index (χ1) is 17.6. The van der Waals surface area contributed by atoms with E-state index in [4.69, 9.17) is 16.6 Å². The molecule has 3 aromatic carbocycles. The first-order valence-corrected chi connectivity index (χ1v) is 13.8. The second-order valence-corrected chi connectivity index (χ2v) is 11.6. The first-order valence-electron chi connectivity index (χ1n) is 13.4. The zero-order chi connectivity index (χ0) is 24.3. The van der Waals surface area contributed by atoms with Gasteiger partial charge in [-0.2, -0.15) is 0 Å². The molecular weight excluding hydrogens is 462 g/mol. The molecule has 3 aliphatic rings. The van der Waals surface area contributed by atoms with Crippen LogP contribution in [-0.2, 0) is 5.41 Å². The van der Waals surface area contributed by atoms with Gasteiger partial charge in [-0.05, 0) is 85.0 Å². The molecule has 0 radical (unpaired) electrons. The Bertz CT molecular complexity index is 1470. The molecule has 2 fully saturated rings. The minimum Gasteiger partial charge on any atom is -0.338 e. The molecule has 182 valence electrons. The Labute approximate surface area is 218 Å². The van der Waals surface area contributed by atoms with E-state index in [1.807, 2.05) is 18.2 Å². The Kier molecular flexibility index (Phi) is 5.34. The van der Waals surface area contributed by atoms with Crippen LogP contribution in [0.3, 0.4) is 0 Å². The van der Waals surface area contributed by atoms with E-state index in [-0.39, 0.29) is 5.41 Å². The molecule has 1 saturated carbocycles. The summed E-state index contributed by atoms with van der Waals surface area (Å²) in [4.78, 5) is 11.1. The minimum atomic E-state index is 0.232. The van der Waals surface area contributed by atoms with Crippen molar-refractivity contribution in [3.05, 3.63) is 94.5 Å². The number of nitrogens with one attached hydrogen (secondary N) is 1. The van der Waals surface area contributed by atoms with Crippen molar-refractivity contribution >= 4 is 28.7 Å². The van der Waals surface area contributed by atoms with E-state index >= 15 is 0 Å². The summed E-state index contributed by atoms with van der Waals surface area (Å²) in [7, 11) is 0. The number of nitrogens with zero attached hydrogens (tertiary/aromatic N) is 2. The molecule has 4 atom stereocenters. The molecular formula is C32H32ClN3. The maximum atomic E-state index is 6.17. The van der Waals surface area contributed by atoms with Crippen LogP contribution in [-0.4, -0.2) is 34.0 Å². The summed E-state index contributed by atoms with van der Waals surface area (Å²) in [6.07, 6.45) is 9.91. The predicted octanol–water partition coefficient (Wildman–Crippen LogP) is 7.83. The second-order valence-electron chi connectivity index (χ2n) is 11.1. The van der Waals surface area contributed by atoms with Gasteiger partial charge in [-0.15, -0.1) is 0 Å². The molecule has 2 heterocycles. The number of H-pyrrole nitrogens is 1. The van der Waals surface area contributed by atoms with Crippen LogP contribution in [0.4, 0.5) is 0 Å². The van der Waals surface area contributed by atoms with Gasteiger partial charge in [-0.1, -0.05) is 73.1 Å². The van der Waals surface area contributed by atoms with E-state index < -0.39 is 0 Å². The Hall–Kier alpha value is -2.88. The number of aromatic amines is 1. The average Bonchev–Trinajstić information content (AvgIpc) is 3.64. The molecule has 0 bridgehead atoms. The fourth-order valence-corrected chi connectivity index (χ4v) is 7.38. The van der Waals surface area contributed by atoms with Crippen LogP contribution >= 0.6 is 11.6 Å². The summed E-state index contributed by atoms with van der Waals surface area (Å²) in [5.41, 5.74) is 7.75. The number of piperidine rings is 1. The van der Waals surface area contributed by atoms with E-state index in [0.717, 1.165) is 27.4 Å². The highest BCUT2D eigenvalue weighted by Gasteiger charge is 2.45. The summed E-state index contributed by atoms with van der Waals surface area (Å²) in [5, 5.41) is 0.731. The number of imidazole rings is 1. The highest BCUT2D eigenvalue weighted by atomic mass is 35.5. The normalized spacial score (nSPS) is 27.8. The molecule has 1 aromatic heterocycles. The van der Waals surface area contributed by atoms with E-state index in [1.54, 1.807) is 5.56 Å². The highest BCUT2D eigenvalue weighted by molar-refractivity contribution is 6.31. The summed E-state index contributed by atoms with van der Waals surface area (Å²) in [6, 6.07) is 24.5. The van der Waals surface area contributed by atoms with Crippen molar-refractivity contribution in [3.8, 4) is 11.4 Å². The number of aromatic nitrogens is 2. The highest BCUT2D eigenvalue weighted by Crippen LogP contribution is 2.48. The van der Waals surface area contributed by atoms with Gasteiger partial charge in [0.05, 0.1) is 11.0 Å². The van der Waals surface area contributed by atoms with Gasteiger partial charge in [0.15, 0.2) is 0 Å². The minimum absolute atomic E-state index is 0.232. The first kappa shape index (κ1) is 22.3. The second kappa shape index (κ2) is 8.61. The third-order valence-electron chi connectivity index (χ3n) is 9.22. The molecule has 0 amide bonds. The fraction of sp³-hybridized carbons (Fsp3) is 0.344. The van der Waals surface area contributed by atoms with Gasteiger partial charge >= 0.3 is 0 Å². The molecule has 1 N–H and O–H groups in total. The van der Waals surface area contributed by atoms with Crippen LogP contribution in [0.5, 0.6) is 0 Å². The molecule has 1 spiro atoms. The van der Waals surface area contributed by atoms with Crippen LogP contribution in [0.25, 0.3) is 28.5 Å². The number of likely N-dealkylation sites (tertiary alicyclic amines) is 1. The Morgan fingerprint density at radius 3 is 2.86 bits per heavy atom. The topological polar surface area (TPSA) is 31.9 Å². The monoisotopic (exact) mass is 493 g/mol. The lowest BCUT2D eigenvalue weighted by Gasteiger charge is -2.46. The quantitative estimate of drug-likeness (QED) is 0.315. The van der Waals surface area contributed by atoms with Crippen molar-refractivity contribution in [1.29, 1.82) is 0 Å². The number of allylic oxidation sites excluding steroid dienone is 1. The van der Waals surface area contributed by atoms with E-state index in [1.165, 1.54) is 49.9 Å². The van der Waals surface area contributed by atoms with Crippen molar-refractivity contribution in [1.82, 2.24) is 14.9 Å². The van der Waals surface area contributed by atoms with Gasteiger partial charge in [-0.3, -0.25) is 0 Å². The maximum absolute atomic E-state index is 6.17. The molecule has 4 heteroatoms. The van der Waals surface area contributed by atoms with E-state index in [2.05, 4.69) is 77.5 Å². The molecule has 4 aromatic rings. The van der Waals surface area contributed by atoms with Gasteiger partial charge in [0.25, 0.3) is 0 Å². The molecule has 3 unspecified atom stereocenters. The van der Waals surface area contributed by atoms with E-state index in [0.29, 0.717) is 17.9 Å². The zero-order valence-corrected chi connectivity index (χ0v) is 21.5. The summed E-state index contributed by atoms with van der Waals surface area (Å²) in [5.74, 6) is 2.17. The standard InChI is InChI=1S/C32H32ClN3/c1-21-20-36(16-15-32(21)14-13-22-5-2-3-8-28(22)32)27-11-9-24(18-27)23-6-4-7-25(17-23)31-34-29-12-10-26(33)19-30(29)35-31/h2-8,10,12-14,17,19,21,24,27H,9,11,15-16,18,20H2,1H3,(H,34,35)/t21-,24?,27?,32?/m0/s1. The van der Waals surface area contributed by atoms with E-state index in [9.17, 15) is 0 Å². The lowest BCUT2D eigenvalue weighted by Crippen LogP contribution is -2.50. The SMILES string of the molecule is C[C@H]1CN(C2CCC(c3cccc(-c4nc5ccc(Cl)cc5[nH]4)c3)C2)CCC12C=Cc1ccccc12. The number of rotatable bonds is 3.